The van der Waals surface area contributed by atoms with E-state index in [1.54, 1.807) is 0 Å². The van der Waals surface area contributed by atoms with E-state index in [0.717, 1.165) is 11.2 Å². The van der Waals surface area contributed by atoms with E-state index in [9.17, 15) is 0 Å². The first-order chi connectivity index (χ1) is 7.40. The van der Waals surface area contributed by atoms with Crippen molar-refractivity contribution < 1.29 is 4.74 Å². The summed E-state index contributed by atoms with van der Waals surface area (Å²) in [5.41, 5.74) is 0. The molecule has 1 aliphatic heterocycles. The monoisotopic (exact) mass is 274 g/mol. The Hall–Kier alpha value is 0.440. The number of alkyl halides is 1. The maximum absolute atomic E-state index is 6.18. The molecule has 0 bridgehead atoms. The van der Waals surface area contributed by atoms with Crippen LogP contribution in [0.5, 0.6) is 0 Å². The fraction of sp³-hybridized carbons (Fsp3) is 1.00. The second-order valence-corrected chi connectivity index (χ2v) is 5.78. The zero-order valence-corrected chi connectivity index (χ0v) is 11.2. The zero-order chi connectivity index (χ0) is 10.5. The first kappa shape index (κ1) is 11.9. The van der Waals surface area contributed by atoms with Crippen LogP contribution in [-0.2, 0) is 4.74 Å². The topological polar surface area (TPSA) is 9.23 Å². The van der Waals surface area contributed by atoms with Crippen molar-refractivity contribution in [2.45, 2.75) is 70.0 Å². The Morgan fingerprint density at radius 1 is 0.867 bits per heavy atom. The van der Waals surface area contributed by atoms with E-state index >= 15 is 0 Å². The third kappa shape index (κ3) is 3.45. The molecular formula is C13H23BrO. The van der Waals surface area contributed by atoms with Crippen LogP contribution < -0.4 is 0 Å². The fourth-order valence-corrected chi connectivity index (χ4v) is 3.55. The maximum atomic E-state index is 6.18. The van der Waals surface area contributed by atoms with Crippen molar-refractivity contribution in [3.8, 4) is 0 Å². The van der Waals surface area contributed by atoms with Crippen molar-refractivity contribution in [1.29, 1.82) is 0 Å². The van der Waals surface area contributed by atoms with Crippen molar-refractivity contribution in [2.75, 3.05) is 5.33 Å². The number of ether oxygens (including phenoxy) is 1. The molecule has 0 radical (unpaired) electrons. The van der Waals surface area contributed by atoms with Crippen LogP contribution in [0.2, 0.25) is 0 Å². The molecule has 88 valence electrons. The Balaban J connectivity index is 1.84. The molecule has 15 heavy (non-hydrogen) atoms. The lowest BCUT2D eigenvalue weighted by Crippen LogP contribution is -2.34. The minimum atomic E-state index is 0.493. The normalized spacial score (nSPS) is 35.0. The number of hydrogen-bond acceptors (Lipinski definition) is 1. The van der Waals surface area contributed by atoms with Crippen LogP contribution in [0.3, 0.4) is 0 Å². The number of rotatable bonds is 2. The van der Waals surface area contributed by atoms with E-state index in [1.165, 1.54) is 57.8 Å². The van der Waals surface area contributed by atoms with Gasteiger partial charge in [0.1, 0.15) is 0 Å². The molecule has 1 nitrogen and oxygen atoms in total. The van der Waals surface area contributed by atoms with Gasteiger partial charge in [0.2, 0.25) is 0 Å². The highest BCUT2D eigenvalue weighted by Crippen LogP contribution is 2.33. The van der Waals surface area contributed by atoms with Crippen molar-refractivity contribution in [2.24, 2.45) is 5.92 Å². The summed E-state index contributed by atoms with van der Waals surface area (Å²) in [5, 5.41) is 1.02. The van der Waals surface area contributed by atoms with Crippen molar-refractivity contribution in [3.63, 3.8) is 0 Å². The molecule has 1 saturated heterocycles. The van der Waals surface area contributed by atoms with Gasteiger partial charge in [-0.15, -0.1) is 0 Å². The molecule has 2 atom stereocenters. The van der Waals surface area contributed by atoms with Crippen molar-refractivity contribution in [1.82, 2.24) is 0 Å². The van der Waals surface area contributed by atoms with E-state index in [4.69, 9.17) is 4.74 Å². The van der Waals surface area contributed by atoms with Gasteiger partial charge < -0.3 is 4.74 Å². The van der Waals surface area contributed by atoms with E-state index in [2.05, 4.69) is 15.9 Å². The van der Waals surface area contributed by atoms with Crippen LogP contribution in [0.1, 0.15) is 57.8 Å². The molecule has 1 heterocycles. The molecule has 0 aromatic heterocycles. The van der Waals surface area contributed by atoms with Gasteiger partial charge in [-0.05, 0) is 38.0 Å². The van der Waals surface area contributed by atoms with Gasteiger partial charge in [0, 0.05) is 5.33 Å². The lowest BCUT2D eigenvalue weighted by atomic mass is 9.88. The van der Waals surface area contributed by atoms with Gasteiger partial charge in [-0.25, -0.2) is 0 Å². The van der Waals surface area contributed by atoms with Crippen molar-refractivity contribution in [3.05, 3.63) is 0 Å². The highest BCUT2D eigenvalue weighted by molar-refractivity contribution is 9.09. The van der Waals surface area contributed by atoms with Crippen LogP contribution in [0, 0.1) is 5.92 Å². The molecule has 0 spiro atoms. The molecule has 2 unspecified atom stereocenters. The molecule has 0 N–H and O–H groups in total. The summed E-state index contributed by atoms with van der Waals surface area (Å²) >= 11 is 3.55. The second-order valence-electron chi connectivity index (χ2n) is 5.13. The molecule has 2 heteroatoms. The molecule has 2 fully saturated rings. The number of halogens is 1. The lowest BCUT2D eigenvalue weighted by Gasteiger charge is -2.34. The Bertz CT molecular complexity index is 175. The Morgan fingerprint density at radius 3 is 2.27 bits per heavy atom. The van der Waals surface area contributed by atoms with Gasteiger partial charge in [0.15, 0.2) is 0 Å². The lowest BCUT2D eigenvalue weighted by molar-refractivity contribution is -0.0690. The summed E-state index contributed by atoms with van der Waals surface area (Å²) in [4.78, 5) is 0. The first-order valence-electron chi connectivity index (χ1n) is 6.61. The van der Waals surface area contributed by atoms with Gasteiger partial charge >= 0.3 is 0 Å². The van der Waals surface area contributed by atoms with Crippen LogP contribution in [-0.4, -0.2) is 17.5 Å². The van der Waals surface area contributed by atoms with Gasteiger partial charge in [0.25, 0.3) is 0 Å². The predicted molar refractivity (Wildman–Crippen MR) is 67.5 cm³/mol. The molecule has 0 aromatic carbocycles. The molecule has 1 saturated carbocycles. The SMILES string of the molecule is BrCC1CCCC(C2CCCCCC2)O1. The summed E-state index contributed by atoms with van der Waals surface area (Å²) in [5.74, 6) is 0.870. The average Bonchev–Trinajstić information content (AvgIpc) is 2.58. The third-order valence-electron chi connectivity index (χ3n) is 3.98. The Labute approximate surface area is 102 Å². The first-order valence-corrected chi connectivity index (χ1v) is 7.73. The summed E-state index contributed by atoms with van der Waals surface area (Å²) in [6.07, 6.45) is 13.6. The summed E-state index contributed by atoms with van der Waals surface area (Å²) in [6, 6.07) is 0. The van der Waals surface area contributed by atoms with Crippen LogP contribution in [0.15, 0.2) is 0 Å². The summed E-state index contributed by atoms with van der Waals surface area (Å²) in [6.45, 7) is 0. The van der Waals surface area contributed by atoms with Gasteiger partial charge in [0.05, 0.1) is 12.2 Å². The minimum absolute atomic E-state index is 0.493. The molecule has 2 aliphatic rings. The number of hydrogen-bond donors (Lipinski definition) is 0. The fourth-order valence-electron chi connectivity index (χ4n) is 3.07. The van der Waals surface area contributed by atoms with Gasteiger partial charge in [-0.3, -0.25) is 0 Å². The highest BCUT2D eigenvalue weighted by Gasteiger charge is 2.28. The standard InChI is InChI=1S/C13H23BrO/c14-10-12-8-5-9-13(15-12)11-6-3-1-2-4-7-11/h11-13H,1-10H2. The van der Waals surface area contributed by atoms with E-state index < -0.39 is 0 Å². The van der Waals surface area contributed by atoms with E-state index in [1.807, 2.05) is 0 Å². The van der Waals surface area contributed by atoms with E-state index in [0.29, 0.717) is 12.2 Å². The van der Waals surface area contributed by atoms with Crippen molar-refractivity contribution >= 4 is 15.9 Å². The summed E-state index contributed by atoms with van der Waals surface area (Å²) in [7, 11) is 0. The van der Waals surface area contributed by atoms with E-state index in [-0.39, 0.29) is 0 Å². The minimum Gasteiger partial charge on any atom is -0.374 e. The average molecular weight is 275 g/mol. The van der Waals surface area contributed by atoms with Crippen LogP contribution >= 0.6 is 15.9 Å². The quantitative estimate of drug-likeness (QED) is 0.539. The second kappa shape index (κ2) is 6.24. The molecular weight excluding hydrogens is 252 g/mol. The van der Waals surface area contributed by atoms with Crippen LogP contribution in [0.25, 0.3) is 0 Å². The maximum Gasteiger partial charge on any atom is 0.0675 e. The third-order valence-corrected chi connectivity index (χ3v) is 4.70. The molecule has 1 aliphatic carbocycles. The van der Waals surface area contributed by atoms with Gasteiger partial charge in [-0.1, -0.05) is 41.6 Å². The largest absolute Gasteiger partial charge is 0.374 e. The zero-order valence-electron chi connectivity index (χ0n) is 9.59. The molecule has 2 rings (SSSR count). The smallest absolute Gasteiger partial charge is 0.0675 e. The summed E-state index contributed by atoms with van der Waals surface area (Å²) < 4.78 is 6.18. The predicted octanol–water partition coefficient (Wildman–Crippen LogP) is 4.29. The molecule has 0 aromatic rings. The molecule has 0 amide bonds. The van der Waals surface area contributed by atoms with Gasteiger partial charge in [-0.2, -0.15) is 0 Å². The Morgan fingerprint density at radius 2 is 1.60 bits per heavy atom. The Kier molecular flexibility index (Phi) is 4.96. The van der Waals surface area contributed by atoms with Crippen LogP contribution in [0.4, 0.5) is 0 Å². The highest BCUT2D eigenvalue weighted by atomic mass is 79.9.